The van der Waals surface area contributed by atoms with E-state index in [2.05, 4.69) is 34.1 Å². The SMILES string of the molecule is CN(CCN1CCOCC1)C(=O)c1ccc2oc(CCCc3ccccc3)nc2c1. The van der Waals surface area contributed by atoms with Crippen molar-refractivity contribution in [1.29, 1.82) is 0 Å². The van der Waals surface area contributed by atoms with Gasteiger partial charge in [-0.15, -0.1) is 0 Å². The molecule has 0 aliphatic carbocycles. The molecule has 0 atom stereocenters. The molecule has 1 aliphatic heterocycles. The molecule has 1 amide bonds. The maximum Gasteiger partial charge on any atom is 0.253 e. The van der Waals surface area contributed by atoms with Crippen LogP contribution in [0.2, 0.25) is 0 Å². The molecule has 6 nitrogen and oxygen atoms in total. The maximum atomic E-state index is 12.8. The summed E-state index contributed by atoms with van der Waals surface area (Å²) in [6.45, 7) is 4.96. The van der Waals surface area contributed by atoms with Gasteiger partial charge in [-0.2, -0.15) is 0 Å². The standard InChI is InChI=1S/C24H29N3O3/c1-26(12-13-27-14-16-29-17-15-27)24(28)20-10-11-22-21(18-20)25-23(30-22)9-5-8-19-6-3-2-4-7-19/h2-4,6-7,10-11,18H,5,8-9,12-17H2,1H3. The summed E-state index contributed by atoms with van der Waals surface area (Å²) in [5, 5.41) is 0. The Morgan fingerprint density at radius 2 is 1.90 bits per heavy atom. The molecule has 1 aromatic heterocycles. The summed E-state index contributed by atoms with van der Waals surface area (Å²) >= 11 is 0. The number of benzene rings is 2. The van der Waals surface area contributed by atoms with E-state index >= 15 is 0 Å². The van der Waals surface area contributed by atoms with Gasteiger partial charge in [0.05, 0.1) is 13.2 Å². The van der Waals surface area contributed by atoms with Gasteiger partial charge >= 0.3 is 0 Å². The van der Waals surface area contributed by atoms with Crippen molar-refractivity contribution in [3.05, 3.63) is 65.5 Å². The highest BCUT2D eigenvalue weighted by molar-refractivity contribution is 5.97. The van der Waals surface area contributed by atoms with Crippen LogP contribution in [0.25, 0.3) is 11.1 Å². The first-order valence-corrected chi connectivity index (χ1v) is 10.7. The summed E-state index contributed by atoms with van der Waals surface area (Å²) in [7, 11) is 1.85. The van der Waals surface area contributed by atoms with Crippen LogP contribution >= 0.6 is 0 Å². The Hall–Kier alpha value is -2.70. The van der Waals surface area contributed by atoms with E-state index in [1.54, 1.807) is 4.90 Å². The van der Waals surface area contributed by atoms with Gasteiger partial charge in [-0.25, -0.2) is 4.98 Å². The van der Waals surface area contributed by atoms with E-state index in [-0.39, 0.29) is 5.91 Å². The monoisotopic (exact) mass is 407 g/mol. The molecule has 30 heavy (non-hydrogen) atoms. The second-order valence-corrected chi connectivity index (χ2v) is 7.81. The van der Waals surface area contributed by atoms with Gasteiger partial charge in [0.1, 0.15) is 5.52 Å². The molecule has 4 rings (SSSR count). The van der Waals surface area contributed by atoms with Crippen molar-refractivity contribution in [2.75, 3.05) is 46.4 Å². The van der Waals surface area contributed by atoms with Gasteiger partial charge < -0.3 is 14.1 Å². The van der Waals surface area contributed by atoms with Gasteiger partial charge in [-0.1, -0.05) is 30.3 Å². The van der Waals surface area contributed by atoms with Gasteiger partial charge in [0.15, 0.2) is 11.5 Å². The fourth-order valence-electron chi connectivity index (χ4n) is 3.74. The second kappa shape index (κ2) is 9.87. The van der Waals surface area contributed by atoms with Crippen molar-refractivity contribution in [1.82, 2.24) is 14.8 Å². The van der Waals surface area contributed by atoms with Crippen molar-refractivity contribution in [2.24, 2.45) is 0 Å². The van der Waals surface area contributed by atoms with E-state index in [9.17, 15) is 4.79 Å². The zero-order chi connectivity index (χ0) is 20.8. The number of carbonyl (C=O) groups excluding carboxylic acids is 1. The molecule has 6 heteroatoms. The van der Waals surface area contributed by atoms with Crippen molar-refractivity contribution < 1.29 is 13.9 Å². The van der Waals surface area contributed by atoms with Crippen LogP contribution in [0.4, 0.5) is 0 Å². The Morgan fingerprint density at radius 3 is 2.70 bits per heavy atom. The number of oxazole rings is 1. The number of hydrogen-bond acceptors (Lipinski definition) is 5. The number of aromatic nitrogens is 1. The van der Waals surface area contributed by atoms with E-state index < -0.39 is 0 Å². The van der Waals surface area contributed by atoms with Crippen molar-refractivity contribution in [3.63, 3.8) is 0 Å². The summed E-state index contributed by atoms with van der Waals surface area (Å²) in [5.41, 5.74) is 3.45. The number of carbonyl (C=O) groups is 1. The first-order chi connectivity index (χ1) is 14.7. The third kappa shape index (κ3) is 5.26. The Balaban J connectivity index is 1.33. The number of likely N-dealkylation sites (N-methyl/N-ethyl adjacent to an activating group) is 1. The molecule has 0 saturated carbocycles. The number of hydrogen-bond donors (Lipinski definition) is 0. The van der Waals surface area contributed by atoms with Crippen LogP contribution in [0, 0.1) is 0 Å². The first kappa shape index (κ1) is 20.6. The minimum Gasteiger partial charge on any atom is -0.441 e. The van der Waals surface area contributed by atoms with Gasteiger partial charge in [0, 0.05) is 45.2 Å². The topological polar surface area (TPSA) is 58.8 Å². The highest BCUT2D eigenvalue weighted by Gasteiger charge is 2.16. The Kier molecular flexibility index (Phi) is 6.77. The fourth-order valence-corrected chi connectivity index (χ4v) is 3.74. The summed E-state index contributed by atoms with van der Waals surface area (Å²) < 4.78 is 11.2. The number of fused-ring (bicyclic) bond motifs is 1. The number of rotatable bonds is 8. The van der Waals surface area contributed by atoms with Crippen LogP contribution in [0.15, 0.2) is 52.9 Å². The number of aryl methyl sites for hydroxylation is 2. The molecule has 0 unspecified atom stereocenters. The molecule has 0 radical (unpaired) electrons. The fraction of sp³-hybridized carbons (Fsp3) is 0.417. The minimum absolute atomic E-state index is 0.0128. The normalized spacial score (nSPS) is 14.8. The molecule has 0 spiro atoms. The largest absolute Gasteiger partial charge is 0.441 e. The summed E-state index contributed by atoms with van der Waals surface area (Å²) in [4.78, 5) is 21.5. The Morgan fingerprint density at radius 1 is 1.10 bits per heavy atom. The molecule has 1 fully saturated rings. The van der Waals surface area contributed by atoms with E-state index in [0.717, 1.165) is 69.1 Å². The van der Waals surface area contributed by atoms with Gasteiger partial charge in [-0.05, 0) is 36.6 Å². The Bertz CT molecular complexity index is 964. The molecule has 0 N–H and O–H groups in total. The van der Waals surface area contributed by atoms with E-state index in [1.807, 2.05) is 31.3 Å². The van der Waals surface area contributed by atoms with Crippen LogP contribution in [0.1, 0.15) is 28.2 Å². The number of morpholine rings is 1. The highest BCUT2D eigenvalue weighted by atomic mass is 16.5. The molecular formula is C24H29N3O3. The van der Waals surface area contributed by atoms with Crippen molar-refractivity contribution in [3.8, 4) is 0 Å². The molecule has 2 aromatic carbocycles. The lowest BCUT2D eigenvalue weighted by molar-refractivity contribution is 0.0338. The molecule has 2 heterocycles. The zero-order valence-electron chi connectivity index (χ0n) is 17.5. The second-order valence-electron chi connectivity index (χ2n) is 7.81. The molecule has 3 aromatic rings. The molecule has 1 aliphatic rings. The maximum absolute atomic E-state index is 12.8. The van der Waals surface area contributed by atoms with E-state index in [0.29, 0.717) is 12.1 Å². The minimum atomic E-state index is 0.0128. The van der Waals surface area contributed by atoms with Gasteiger partial charge in [-0.3, -0.25) is 9.69 Å². The lowest BCUT2D eigenvalue weighted by atomic mass is 10.1. The van der Waals surface area contributed by atoms with Crippen LogP contribution in [0.3, 0.4) is 0 Å². The lowest BCUT2D eigenvalue weighted by Gasteiger charge is -2.28. The molecule has 0 bridgehead atoms. The average Bonchev–Trinajstić information content (AvgIpc) is 3.20. The van der Waals surface area contributed by atoms with E-state index in [1.165, 1.54) is 5.56 Å². The predicted octanol–water partition coefficient (Wildman–Crippen LogP) is 3.41. The van der Waals surface area contributed by atoms with Crippen molar-refractivity contribution in [2.45, 2.75) is 19.3 Å². The van der Waals surface area contributed by atoms with E-state index in [4.69, 9.17) is 9.15 Å². The first-order valence-electron chi connectivity index (χ1n) is 10.7. The van der Waals surface area contributed by atoms with Gasteiger partial charge in [0.2, 0.25) is 0 Å². The van der Waals surface area contributed by atoms with Crippen LogP contribution in [-0.4, -0.2) is 67.1 Å². The van der Waals surface area contributed by atoms with Gasteiger partial charge in [0.25, 0.3) is 5.91 Å². The average molecular weight is 408 g/mol. The number of ether oxygens (including phenoxy) is 1. The third-order valence-corrected chi connectivity index (χ3v) is 5.58. The molecule has 1 saturated heterocycles. The smallest absolute Gasteiger partial charge is 0.253 e. The van der Waals surface area contributed by atoms with Crippen LogP contribution in [0.5, 0.6) is 0 Å². The molecule has 158 valence electrons. The zero-order valence-corrected chi connectivity index (χ0v) is 17.5. The Labute approximate surface area is 177 Å². The summed E-state index contributed by atoms with van der Waals surface area (Å²) in [6.07, 6.45) is 2.76. The number of amides is 1. The number of nitrogens with zero attached hydrogens (tertiary/aromatic N) is 3. The van der Waals surface area contributed by atoms with Crippen LogP contribution < -0.4 is 0 Å². The van der Waals surface area contributed by atoms with Crippen LogP contribution in [-0.2, 0) is 17.6 Å². The highest BCUT2D eigenvalue weighted by Crippen LogP contribution is 2.19. The third-order valence-electron chi connectivity index (χ3n) is 5.58. The van der Waals surface area contributed by atoms with Crippen molar-refractivity contribution >= 4 is 17.0 Å². The lowest BCUT2D eigenvalue weighted by Crippen LogP contribution is -2.41. The summed E-state index contributed by atoms with van der Waals surface area (Å²) in [6, 6.07) is 16.0. The quantitative estimate of drug-likeness (QED) is 0.573. The molecular weight excluding hydrogens is 378 g/mol. The predicted molar refractivity (Wildman–Crippen MR) is 117 cm³/mol. The summed E-state index contributed by atoms with van der Waals surface area (Å²) in [5.74, 6) is 0.741.